The van der Waals surface area contributed by atoms with Crippen molar-refractivity contribution in [1.82, 2.24) is 19.9 Å². The van der Waals surface area contributed by atoms with Gasteiger partial charge in [0.1, 0.15) is 0 Å². The Labute approximate surface area is 189 Å². The lowest BCUT2D eigenvalue weighted by molar-refractivity contribution is -0.137. The highest BCUT2D eigenvalue weighted by Gasteiger charge is 2.35. The minimum atomic E-state index is -0.191. The van der Waals surface area contributed by atoms with Gasteiger partial charge >= 0.3 is 0 Å². The Bertz CT molecular complexity index is 1080. The van der Waals surface area contributed by atoms with Crippen LogP contribution in [0, 0.1) is 0 Å². The third kappa shape index (κ3) is 4.19. The molecular weight excluding hydrogens is 400 g/mol. The number of hydrogen-bond donors (Lipinski definition) is 0. The molecule has 2 aromatic carbocycles. The fourth-order valence-corrected chi connectivity index (χ4v) is 4.76. The molecule has 0 saturated carbocycles. The van der Waals surface area contributed by atoms with Gasteiger partial charge in [-0.1, -0.05) is 67.5 Å². The predicted molar refractivity (Wildman–Crippen MR) is 123 cm³/mol. The number of rotatable bonds is 5. The van der Waals surface area contributed by atoms with Gasteiger partial charge in [-0.2, -0.15) is 4.98 Å². The largest absolute Gasteiger partial charge is 0.341 e. The Balaban J connectivity index is 1.37. The molecule has 166 valence electrons. The second kappa shape index (κ2) is 8.87. The molecular formula is C26H30N4O2. The summed E-state index contributed by atoms with van der Waals surface area (Å²) in [5, 5.41) is 4.21. The lowest BCUT2D eigenvalue weighted by atomic mass is 9.93. The third-order valence-electron chi connectivity index (χ3n) is 6.69. The van der Waals surface area contributed by atoms with Crippen molar-refractivity contribution in [3.63, 3.8) is 0 Å². The molecule has 5 rings (SSSR count). The Morgan fingerprint density at radius 2 is 1.78 bits per heavy atom. The van der Waals surface area contributed by atoms with E-state index in [0.717, 1.165) is 37.9 Å². The molecule has 3 aromatic rings. The molecule has 1 aromatic heterocycles. The first-order valence-corrected chi connectivity index (χ1v) is 11.6. The highest BCUT2D eigenvalue weighted by molar-refractivity contribution is 5.83. The van der Waals surface area contributed by atoms with E-state index in [-0.39, 0.29) is 11.9 Å². The van der Waals surface area contributed by atoms with Gasteiger partial charge in [-0.05, 0) is 41.9 Å². The molecule has 32 heavy (non-hydrogen) atoms. The number of aromatic nitrogens is 2. The van der Waals surface area contributed by atoms with E-state index < -0.39 is 0 Å². The highest BCUT2D eigenvalue weighted by atomic mass is 16.5. The molecule has 0 radical (unpaired) electrons. The molecule has 1 atom stereocenters. The van der Waals surface area contributed by atoms with Crippen LogP contribution < -0.4 is 0 Å². The molecule has 3 heterocycles. The van der Waals surface area contributed by atoms with Crippen molar-refractivity contribution in [3.05, 3.63) is 71.1 Å². The van der Waals surface area contributed by atoms with E-state index in [0.29, 0.717) is 30.7 Å². The fourth-order valence-electron chi connectivity index (χ4n) is 4.76. The zero-order valence-electron chi connectivity index (χ0n) is 18.8. The van der Waals surface area contributed by atoms with Crippen LogP contribution in [0.2, 0.25) is 0 Å². The van der Waals surface area contributed by atoms with E-state index >= 15 is 0 Å². The second-order valence-electron chi connectivity index (χ2n) is 9.21. The van der Waals surface area contributed by atoms with E-state index in [1.54, 1.807) is 0 Å². The van der Waals surface area contributed by atoms with Crippen LogP contribution in [0.5, 0.6) is 0 Å². The summed E-state index contributed by atoms with van der Waals surface area (Å²) in [4.78, 5) is 22.2. The summed E-state index contributed by atoms with van der Waals surface area (Å²) in [7, 11) is 0. The summed E-state index contributed by atoms with van der Waals surface area (Å²) < 4.78 is 5.61. The predicted octanol–water partition coefficient (Wildman–Crippen LogP) is 4.41. The number of benzene rings is 2. The molecule has 0 N–H and O–H groups in total. The van der Waals surface area contributed by atoms with Gasteiger partial charge < -0.3 is 9.42 Å². The maximum atomic E-state index is 13.3. The van der Waals surface area contributed by atoms with Crippen molar-refractivity contribution in [3.8, 4) is 11.4 Å². The minimum Gasteiger partial charge on any atom is -0.341 e. The number of hydrogen-bond acceptors (Lipinski definition) is 5. The van der Waals surface area contributed by atoms with Crippen LogP contribution >= 0.6 is 0 Å². The number of amides is 1. The van der Waals surface area contributed by atoms with E-state index in [4.69, 9.17) is 4.52 Å². The third-order valence-corrected chi connectivity index (χ3v) is 6.69. The standard InChI is InChI=1S/C26H30N4O2/c1-18(2)19-9-11-20(12-10-19)25-27-24(32-28-25)17-30-16-22-8-4-3-7-21(22)15-23(30)26(31)29-13-5-6-14-29/h3-4,7-12,18,23H,5-6,13-17H2,1-2H3. The van der Waals surface area contributed by atoms with Crippen LogP contribution in [0.4, 0.5) is 0 Å². The molecule has 0 aliphatic carbocycles. The lowest BCUT2D eigenvalue weighted by Gasteiger charge is -2.37. The zero-order valence-corrected chi connectivity index (χ0v) is 18.8. The molecule has 6 nitrogen and oxygen atoms in total. The first-order chi connectivity index (χ1) is 15.6. The van der Waals surface area contributed by atoms with Crippen molar-refractivity contribution < 1.29 is 9.32 Å². The van der Waals surface area contributed by atoms with Crippen molar-refractivity contribution in [2.24, 2.45) is 0 Å². The van der Waals surface area contributed by atoms with Crippen LogP contribution in [0.3, 0.4) is 0 Å². The van der Waals surface area contributed by atoms with Gasteiger partial charge in [0.25, 0.3) is 0 Å². The number of carbonyl (C=O) groups is 1. The fraction of sp³-hybridized carbons (Fsp3) is 0.423. The molecule has 1 saturated heterocycles. The summed E-state index contributed by atoms with van der Waals surface area (Å²) >= 11 is 0. The maximum Gasteiger partial charge on any atom is 0.241 e. The lowest BCUT2D eigenvalue weighted by Crippen LogP contribution is -2.50. The van der Waals surface area contributed by atoms with E-state index in [1.165, 1.54) is 16.7 Å². The van der Waals surface area contributed by atoms with Gasteiger partial charge in [-0.25, -0.2) is 0 Å². The van der Waals surface area contributed by atoms with Crippen LogP contribution in [0.15, 0.2) is 53.1 Å². The van der Waals surface area contributed by atoms with Gasteiger partial charge in [-0.3, -0.25) is 9.69 Å². The van der Waals surface area contributed by atoms with Gasteiger partial charge in [-0.15, -0.1) is 0 Å². The molecule has 1 fully saturated rings. The Morgan fingerprint density at radius 3 is 2.50 bits per heavy atom. The van der Waals surface area contributed by atoms with Gasteiger partial charge in [0.2, 0.25) is 17.6 Å². The smallest absolute Gasteiger partial charge is 0.241 e. The van der Waals surface area contributed by atoms with Crippen molar-refractivity contribution in [1.29, 1.82) is 0 Å². The Hall–Kier alpha value is -2.99. The molecule has 2 aliphatic heterocycles. The Morgan fingerprint density at radius 1 is 1.06 bits per heavy atom. The summed E-state index contributed by atoms with van der Waals surface area (Å²) in [6.07, 6.45) is 2.92. The molecule has 2 aliphatic rings. The molecule has 0 bridgehead atoms. The normalized spacial score (nSPS) is 18.8. The van der Waals surface area contributed by atoms with Gasteiger partial charge in [0, 0.05) is 25.2 Å². The van der Waals surface area contributed by atoms with Crippen molar-refractivity contribution >= 4 is 5.91 Å². The molecule has 1 unspecified atom stereocenters. The summed E-state index contributed by atoms with van der Waals surface area (Å²) in [6.45, 7) is 7.26. The number of nitrogens with zero attached hydrogens (tertiary/aromatic N) is 4. The van der Waals surface area contributed by atoms with Crippen LogP contribution in [0.25, 0.3) is 11.4 Å². The molecule has 0 spiro atoms. The number of likely N-dealkylation sites (tertiary alicyclic amines) is 1. The summed E-state index contributed by atoms with van der Waals surface area (Å²) in [5.41, 5.74) is 4.76. The average molecular weight is 431 g/mol. The first kappa shape index (κ1) is 20.9. The average Bonchev–Trinajstić information content (AvgIpc) is 3.51. The monoisotopic (exact) mass is 430 g/mol. The van der Waals surface area contributed by atoms with Gasteiger partial charge in [0.15, 0.2) is 0 Å². The van der Waals surface area contributed by atoms with E-state index in [2.05, 4.69) is 65.3 Å². The molecule has 1 amide bonds. The summed E-state index contributed by atoms with van der Waals surface area (Å²) in [5.74, 6) is 1.85. The molecule has 6 heteroatoms. The van der Waals surface area contributed by atoms with E-state index in [1.807, 2.05) is 17.0 Å². The minimum absolute atomic E-state index is 0.191. The SMILES string of the molecule is CC(C)c1ccc(-c2noc(CN3Cc4ccccc4CC3C(=O)N3CCCC3)n2)cc1. The topological polar surface area (TPSA) is 62.5 Å². The quantitative estimate of drug-likeness (QED) is 0.600. The van der Waals surface area contributed by atoms with Crippen molar-refractivity contribution in [2.45, 2.75) is 58.2 Å². The van der Waals surface area contributed by atoms with E-state index in [9.17, 15) is 4.79 Å². The zero-order chi connectivity index (χ0) is 22.1. The Kier molecular flexibility index (Phi) is 5.79. The van der Waals surface area contributed by atoms with Crippen LogP contribution in [-0.4, -0.2) is 45.0 Å². The second-order valence-corrected chi connectivity index (χ2v) is 9.21. The first-order valence-electron chi connectivity index (χ1n) is 11.6. The number of carbonyl (C=O) groups excluding carboxylic acids is 1. The van der Waals surface area contributed by atoms with Crippen LogP contribution in [0.1, 0.15) is 55.2 Å². The van der Waals surface area contributed by atoms with Crippen molar-refractivity contribution in [2.75, 3.05) is 13.1 Å². The summed E-state index contributed by atoms with van der Waals surface area (Å²) in [6, 6.07) is 16.5. The van der Waals surface area contributed by atoms with Crippen LogP contribution in [-0.2, 0) is 24.3 Å². The highest BCUT2D eigenvalue weighted by Crippen LogP contribution is 2.28. The maximum absolute atomic E-state index is 13.3. The number of fused-ring (bicyclic) bond motifs is 1. The van der Waals surface area contributed by atoms with Gasteiger partial charge in [0.05, 0.1) is 12.6 Å².